The molecule has 0 amide bonds. The molecule has 1 fully saturated rings. The molecule has 0 radical (unpaired) electrons. The monoisotopic (exact) mass is 460 g/mol. The van der Waals surface area contributed by atoms with Gasteiger partial charge in [-0.25, -0.2) is 4.98 Å². The summed E-state index contributed by atoms with van der Waals surface area (Å²) in [7, 11) is 0. The van der Waals surface area contributed by atoms with E-state index in [-0.39, 0.29) is 12.3 Å². The molecule has 4 rings (SSSR count). The summed E-state index contributed by atoms with van der Waals surface area (Å²) in [5.41, 5.74) is 2.12. The second kappa shape index (κ2) is 9.58. The number of carboxylic acid groups (broad SMARTS) is 1. The molecule has 7 heteroatoms. The molecular formula is C23H25ClN2O2S2. The van der Waals surface area contributed by atoms with Crippen molar-refractivity contribution in [1.29, 1.82) is 0 Å². The van der Waals surface area contributed by atoms with Gasteiger partial charge in [0.25, 0.3) is 0 Å². The number of thiazole rings is 1. The van der Waals surface area contributed by atoms with Gasteiger partial charge in [-0.05, 0) is 60.6 Å². The van der Waals surface area contributed by atoms with Gasteiger partial charge >= 0.3 is 5.97 Å². The third-order valence-corrected chi connectivity index (χ3v) is 8.20. The van der Waals surface area contributed by atoms with E-state index in [9.17, 15) is 4.79 Å². The lowest BCUT2D eigenvalue weighted by Crippen LogP contribution is -2.34. The number of piperidine rings is 1. The Morgan fingerprint density at radius 1 is 1.27 bits per heavy atom. The van der Waals surface area contributed by atoms with Crippen LogP contribution < -0.4 is 4.90 Å². The summed E-state index contributed by atoms with van der Waals surface area (Å²) < 4.78 is 1.15. The third kappa shape index (κ3) is 5.29. The number of anilines is 1. The number of halogens is 1. The van der Waals surface area contributed by atoms with Gasteiger partial charge < -0.3 is 10.0 Å². The summed E-state index contributed by atoms with van der Waals surface area (Å²) in [6.07, 6.45) is 2.53. The van der Waals surface area contributed by atoms with Crippen LogP contribution in [0.1, 0.15) is 37.7 Å². The minimum atomic E-state index is -0.748. The molecule has 1 unspecified atom stereocenters. The summed E-state index contributed by atoms with van der Waals surface area (Å²) >= 11 is 9.73. The maximum absolute atomic E-state index is 10.9. The lowest BCUT2D eigenvalue weighted by Gasteiger charge is -2.31. The summed E-state index contributed by atoms with van der Waals surface area (Å²) in [4.78, 5) is 19.3. The molecule has 3 aromatic rings. The van der Waals surface area contributed by atoms with Crippen LogP contribution in [0, 0.1) is 5.92 Å². The van der Waals surface area contributed by atoms with Crippen LogP contribution in [0.5, 0.6) is 0 Å². The number of hydrogen-bond donors (Lipinski definition) is 1. The molecule has 4 nitrogen and oxygen atoms in total. The lowest BCUT2D eigenvalue weighted by molar-refractivity contribution is -0.137. The largest absolute Gasteiger partial charge is 0.481 e. The predicted octanol–water partition coefficient (Wildman–Crippen LogP) is 6.54. The van der Waals surface area contributed by atoms with Crippen molar-refractivity contribution in [1.82, 2.24) is 4.98 Å². The zero-order chi connectivity index (χ0) is 21.1. The Hall–Kier alpha value is -1.76. The molecule has 1 saturated heterocycles. The van der Waals surface area contributed by atoms with E-state index in [1.165, 1.54) is 17.7 Å². The Kier molecular flexibility index (Phi) is 6.86. The Bertz CT molecular complexity index is 1010. The lowest BCUT2D eigenvalue weighted by atomic mass is 9.98. The SMILES string of the molecule is CC(CC(=O)O)c1ccc(SCC2CCN(c3nc4ccc(Cl)cc4s3)CC2)cc1. The smallest absolute Gasteiger partial charge is 0.303 e. The molecule has 1 N–H and O–H groups in total. The standard InChI is InChI=1S/C23H25ClN2O2S2/c1-15(12-22(27)28)17-2-5-19(6-3-17)29-14-16-8-10-26(11-9-16)23-25-20-7-4-18(24)13-21(20)30-23/h2-7,13,15-16H,8-12,14H2,1H3,(H,27,28). The first-order valence-electron chi connectivity index (χ1n) is 10.2. The second-order valence-electron chi connectivity index (χ2n) is 7.92. The van der Waals surface area contributed by atoms with Gasteiger partial charge in [-0.1, -0.05) is 42.0 Å². The fourth-order valence-electron chi connectivity index (χ4n) is 3.80. The molecule has 158 valence electrons. The molecule has 2 heterocycles. The highest BCUT2D eigenvalue weighted by Crippen LogP contribution is 2.34. The van der Waals surface area contributed by atoms with Crippen molar-refractivity contribution in [3.8, 4) is 0 Å². The highest BCUT2D eigenvalue weighted by atomic mass is 35.5. The predicted molar refractivity (Wildman–Crippen MR) is 127 cm³/mol. The van der Waals surface area contributed by atoms with Crippen LogP contribution in [0.4, 0.5) is 5.13 Å². The van der Waals surface area contributed by atoms with Crippen LogP contribution in [-0.2, 0) is 4.79 Å². The number of carboxylic acids is 1. The van der Waals surface area contributed by atoms with Gasteiger partial charge in [0.1, 0.15) is 0 Å². The number of thioether (sulfide) groups is 1. The molecule has 1 aliphatic rings. The number of carbonyl (C=O) groups is 1. The first-order chi connectivity index (χ1) is 14.5. The van der Waals surface area contributed by atoms with Gasteiger partial charge in [0.2, 0.25) is 0 Å². The third-order valence-electron chi connectivity index (χ3n) is 5.64. The average Bonchev–Trinajstić information content (AvgIpc) is 3.15. The van der Waals surface area contributed by atoms with Gasteiger partial charge in [-0.2, -0.15) is 0 Å². The zero-order valence-corrected chi connectivity index (χ0v) is 19.3. The van der Waals surface area contributed by atoms with Crippen LogP contribution in [0.15, 0.2) is 47.4 Å². The Balaban J connectivity index is 1.27. The van der Waals surface area contributed by atoms with E-state index in [1.807, 2.05) is 36.9 Å². The van der Waals surface area contributed by atoms with Crippen molar-refractivity contribution in [3.63, 3.8) is 0 Å². The van der Waals surface area contributed by atoms with E-state index in [4.69, 9.17) is 21.7 Å². The van der Waals surface area contributed by atoms with Gasteiger partial charge in [0.15, 0.2) is 5.13 Å². The normalized spacial score (nSPS) is 16.1. The Labute approximate surface area is 190 Å². The fraction of sp³-hybridized carbons (Fsp3) is 0.391. The quantitative estimate of drug-likeness (QED) is 0.406. The first kappa shape index (κ1) is 21.5. The Morgan fingerprint density at radius 2 is 2.00 bits per heavy atom. The van der Waals surface area contributed by atoms with Crippen LogP contribution >= 0.6 is 34.7 Å². The van der Waals surface area contributed by atoms with E-state index in [1.54, 1.807) is 11.3 Å². The summed E-state index contributed by atoms with van der Waals surface area (Å²) in [5.74, 6) is 1.12. The Morgan fingerprint density at radius 3 is 2.70 bits per heavy atom. The number of benzene rings is 2. The maximum atomic E-state index is 10.9. The maximum Gasteiger partial charge on any atom is 0.303 e. The number of rotatable bonds is 7. The topological polar surface area (TPSA) is 53.4 Å². The van der Waals surface area contributed by atoms with Crippen molar-refractivity contribution < 1.29 is 9.90 Å². The number of fused-ring (bicyclic) bond motifs is 1. The molecule has 0 bridgehead atoms. The molecule has 1 atom stereocenters. The highest BCUT2D eigenvalue weighted by molar-refractivity contribution is 7.99. The number of aliphatic carboxylic acids is 1. The van der Waals surface area contributed by atoms with Crippen LogP contribution in [-0.4, -0.2) is 34.9 Å². The van der Waals surface area contributed by atoms with Crippen LogP contribution in [0.2, 0.25) is 5.02 Å². The minimum absolute atomic E-state index is 0.0458. The van der Waals surface area contributed by atoms with E-state index in [0.717, 1.165) is 44.8 Å². The summed E-state index contributed by atoms with van der Waals surface area (Å²) in [5, 5.41) is 10.8. The fourth-order valence-corrected chi connectivity index (χ4v) is 6.18. The summed E-state index contributed by atoms with van der Waals surface area (Å²) in [6.45, 7) is 4.05. The van der Waals surface area contributed by atoms with Gasteiger partial charge in [-0.15, -0.1) is 11.8 Å². The molecule has 1 aromatic heterocycles. The van der Waals surface area contributed by atoms with Crippen molar-refractivity contribution >= 4 is 56.0 Å². The molecule has 2 aromatic carbocycles. The van der Waals surface area contributed by atoms with Crippen molar-refractivity contribution in [2.45, 2.75) is 37.0 Å². The molecule has 30 heavy (non-hydrogen) atoms. The van der Waals surface area contributed by atoms with Crippen molar-refractivity contribution in [2.75, 3.05) is 23.7 Å². The average molecular weight is 461 g/mol. The molecule has 0 aliphatic carbocycles. The molecule has 0 saturated carbocycles. The highest BCUT2D eigenvalue weighted by Gasteiger charge is 2.22. The van der Waals surface area contributed by atoms with E-state index in [2.05, 4.69) is 29.2 Å². The van der Waals surface area contributed by atoms with Gasteiger partial charge in [-0.3, -0.25) is 4.79 Å². The molecule has 1 aliphatic heterocycles. The van der Waals surface area contributed by atoms with E-state index in [0.29, 0.717) is 5.92 Å². The van der Waals surface area contributed by atoms with Crippen LogP contribution in [0.3, 0.4) is 0 Å². The minimum Gasteiger partial charge on any atom is -0.481 e. The van der Waals surface area contributed by atoms with E-state index >= 15 is 0 Å². The van der Waals surface area contributed by atoms with Gasteiger partial charge in [0.05, 0.1) is 16.6 Å². The molecule has 0 spiro atoms. The number of aromatic nitrogens is 1. The summed E-state index contributed by atoms with van der Waals surface area (Å²) in [6, 6.07) is 14.3. The van der Waals surface area contributed by atoms with Gasteiger partial charge in [0, 0.05) is 28.8 Å². The van der Waals surface area contributed by atoms with E-state index < -0.39 is 5.97 Å². The van der Waals surface area contributed by atoms with Crippen LogP contribution in [0.25, 0.3) is 10.2 Å². The second-order valence-corrected chi connectivity index (χ2v) is 10.5. The zero-order valence-electron chi connectivity index (χ0n) is 16.9. The first-order valence-corrected chi connectivity index (χ1v) is 12.4. The number of hydrogen-bond acceptors (Lipinski definition) is 5. The van der Waals surface area contributed by atoms with Crippen molar-refractivity contribution in [2.24, 2.45) is 5.92 Å². The van der Waals surface area contributed by atoms with Crippen molar-refractivity contribution in [3.05, 3.63) is 53.1 Å². The number of nitrogens with zero attached hydrogens (tertiary/aromatic N) is 2. The molecular weight excluding hydrogens is 436 g/mol.